The maximum Gasteiger partial charge on any atom is 0.344 e. The Morgan fingerprint density at radius 3 is 2.68 bits per heavy atom. The van der Waals surface area contributed by atoms with E-state index >= 15 is 0 Å². The average Bonchev–Trinajstić information content (AvgIpc) is 2.52. The standard InChI is InChI=1S/C16H11Cl2NO3/c17-13-6-5-12(14(18)7-13)9-22-16(20)10-21-15-4-2-1-3-11(15)8-19/h1-7H,9-10H2. The number of hydrogen-bond donors (Lipinski definition) is 0. The molecule has 0 fully saturated rings. The van der Waals surface area contributed by atoms with Crippen LogP contribution >= 0.6 is 23.2 Å². The lowest BCUT2D eigenvalue weighted by atomic mass is 10.2. The molecule has 0 spiro atoms. The molecule has 2 aromatic rings. The Labute approximate surface area is 137 Å². The van der Waals surface area contributed by atoms with Crippen molar-refractivity contribution in [1.29, 1.82) is 5.26 Å². The van der Waals surface area contributed by atoms with Crippen LogP contribution in [0.15, 0.2) is 42.5 Å². The molecule has 0 saturated heterocycles. The zero-order chi connectivity index (χ0) is 15.9. The topological polar surface area (TPSA) is 59.3 Å². The van der Waals surface area contributed by atoms with E-state index in [4.69, 9.17) is 37.9 Å². The van der Waals surface area contributed by atoms with E-state index in [-0.39, 0.29) is 13.2 Å². The quantitative estimate of drug-likeness (QED) is 0.775. The molecular formula is C16H11Cl2NO3. The molecule has 0 unspecified atom stereocenters. The van der Waals surface area contributed by atoms with Crippen LogP contribution in [0.2, 0.25) is 10.0 Å². The lowest BCUT2D eigenvalue weighted by Gasteiger charge is -2.09. The smallest absolute Gasteiger partial charge is 0.344 e. The van der Waals surface area contributed by atoms with Crippen molar-refractivity contribution in [2.45, 2.75) is 6.61 Å². The number of benzene rings is 2. The first-order valence-corrected chi connectivity index (χ1v) is 7.07. The molecule has 0 aliphatic rings. The summed E-state index contributed by atoms with van der Waals surface area (Å²) in [4.78, 5) is 11.7. The van der Waals surface area contributed by atoms with Gasteiger partial charge in [0.25, 0.3) is 0 Å². The number of carbonyl (C=O) groups excluding carboxylic acids is 1. The number of nitrogens with zero attached hydrogens (tertiary/aromatic N) is 1. The van der Waals surface area contributed by atoms with Crippen LogP contribution in [0.5, 0.6) is 5.75 Å². The first kappa shape index (κ1) is 16.2. The van der Waals surface area contributed by atoms with Gasteiger partial charge in [-0.3, -0.25) is 0 Å². The van der Waals surface area contributed by atoms with Crippen molar-refractivity contribution in [3.63, 3.8) is 0 Å². The highest BCUT2D eigenvalue weighted by Gasteiger charge is 2.09. The van der Waals surface area contributed by atoms with Gasteiger partial charge in [-0.05, 0) is 24.3 Å². The van der Waals surface area contributed by atoms with E-state index in [1.54, 1.807) is 42.5 Å². The molecule has 0 aromatic heterocycles. The monoisotopic (exact) mass is 335 g/mol. The van der Waals surface area contributed by atoms with Crippen molar-refractivity contribution in [2.24, 2.45) is 0 Å². The van der Waals surface area contributed by atoms with Crippen molar-refractivity contribution in [2.75, 3.05) is 6.61 Å². The Morgan fingerprint density at radius 1 is 1.18 bits per heavy atom. The molecule has 0 aliphatic heterocycles. The molecule has 22 heavy (non-hydrogen) atoms. The van der Waals surface area contributed by atoms with Gasteiger partial charge < -0.3 is 9.47 Å². The minimum atomic E-state index is -0.557. The number of nitriles is 1. The molecule has 0 radical (unpaired) electrons. The Hall–Kier alpha value is -2.22. The largest absolute Gasteiger partial charge is 0.481 e. The summed E-state index contributed by atoms with van der Waals surface area (Å²) < 4.78 is 10.3. The Morgan fingerprint density at radius 2 is 1.95 bits per heavy atom. The van der Waals surface area contributed by atoms with Crippen molar-refractivity contribution >= 4 is 29.2 Å². The van der Waals surface area contributed by atoms with Crippen molar-refractivity contribution in [1.82, 2.24) is 0 Å². The fourth-order valence-corrected chi connectivity index (χ4v) is 2.12. The van der Waals surface area contributed by atoms with Crippen LogP contribution in [0.1, 0.15) is 11.1 Å². The van der Waals surface area contributed by atoms with Crippen LogP contribution in [0.3, 0.4) is 0 Å². The van der Waals surface area contributed by atoms with Gasteiger partial charge >= 0.3 is 5.97 Å². The zero-order valence-electron chi connectivity index (χ0n) is 11.4. The van der Waals surface area contributed by atoms with Crippen LogP contribution in [0.4, 0.5) is 0 Å². The highest BCUT2D eigenvalue weighted by atomic mass is 35.5. The Balaban J connectivity index is 1.87. The van der Waals surface area contributed by atoms with Gasteiger partial charge in [0.15, 0.2) is 6.61 Å². The molecule has 0 saturated carbocycles. The predicted molar refractivity (Wildman–Crippen MR) is 82.9 cm³/mol. The van der Waals surface area contributed by atoms with E-state index in [9.17, 15) is 4.79 Å². The summed E-state index contributed by atoms with van der Waals surface area (Å²) in [6.07, 6.45) is 0. The second kappa shape index (κ2) is 7.69. The third-order valence-corrected chi connectivity index (χ3v) is 3.34. The summed E-state index contributed by atoms with van der Waals surface area (Å²) >= 11 is 11.8. The van der Waals surface area contributed by atoms with E-state index in [0.29, 0.717) is 26.9 Å². The Bertz CT molecular complexity index is 726. The van der Waals surface area contributed by atoms with Gasteiger partial charge in [-0.2, -0.15) is 5.26 Å². The van der Waals surface area contributed by atoms with Gasteiger partial charge in [-0.15, -0.1) is 0 Å². The second-order valence-electron chi connectivity index (χ2n) is 4.29. The molecular weight excluding hydrogens is 325 g/mol. The SMILES string of the molecule is N#Cc1ccccc1OCC(=O)OCc1ccc(Cl)cc1Cl. The van der Waals surface area contributed by atoms with Gasteiger partial charge in [-0.1, -0.05) is 41.4 Å². The molecule has 2 aromatic carbocycles. The lowest BCUT2D eigenvalue weighted by Crippen LogP contribution is -2.15. The van der Waals surface area contributed by atoms with Crippen LogP contribution in [0, 0.1) is 11.3 Å². The molecule has 6 heteroatoms. The van der Waals surface area contributed by atoms with Gasteiger partial charge in [0.1, 0.15) is 18.4 Å². The number of esters is 1. The normalized spacial score (nSPS) is 9.86. The highest BCUT2D eigenvalue weighted by molar-refractivity contribution is 6.35. The summed E-state index contributed by atoms with van der Waals surface area (Å²) in [5, 5.41) is 9.85. The molecule has 0 N–H and O–H groups in total. The number of rotatable bonds is 5. The number of ether oxygens (including phenoxy) is 2. The summed E-state index contributed by atoms with van der Waals surface area (Å²) in [7, 11) is 0. The number of hydrogen-bond acceptors (Lipinski definition) is 4. The Kier molecular flexibility index (Phi) is 5.65. The average molecular weight is 336 g/mol. The predicted octanol–water partition coefficient (Wildman–Crippen LogP) is 3.99. The molecule has 0 heterocycles. The van der Waals surface area contributed by atoms with Gasteiger partial charge in [0.05, 0.1) is 5.56 Å². The molecule has 0 bridgehead atoms. The van der Waals surface area contributed by atoms with Crippen LogP contribution in [-0.4, -0.2) is 12.6 Å². The third kappa shape index (κ3) is 4.39. The first-order chi connectivity index (χ1) is 10.6. The van der Waals surface area contributed by atoms with E-state index in [2.05, 4.69) is 0 Å². The number of halogens is 2. The van der Waals surface area contributed by atoms with E-state index in [1.165, 1.54) is 0 Å². The van der Waals surface area contributed by atoms with E-state index in [0.717, 1.165) is 0 Å². The number of carbonyl (C=O) groups is 1. The second-order valence-corrected chi connectivity index (χ2v) is 5.14. The van der Waals surface area contributed by atoms with Gasteiger partial charge in [-0.25, -0.2) is 4.79 Å². The molecule has 4 nitrogen and oxygen atoms in total. The maximum atomic E-state index is 11.7. The minimum absolute atomic E-state index is 0.0259. The highest BCUT2D eigenvalue weighted by Crippen LogP contribution is 2.21. The molecule has 0 amide bonds. The fourth-order valence-electron chi connectivity index (χ4n) is 1.66. The van der Waals surface area contributed by atoms with Crippen molar-refractivity contribution in [3.05, 3.63) is 63.6 Å². The summed E-state index contributed by atoms with van der Waals surface area (Å²) in [6, 6.07) is 13.6. The summed E-state index contributed by atoms with van der Waals surface area (Å²) in [5.74, 6) is -0.217. The molecule has 0 aliphatic carbocycles. The van der Waals surface area contributed by atoms with Crippen molar-refractivity contribution < 1.29 is 14.3 Å². The zero-order valence-corrected chi connectivity index (χ0v) is 12.9. The van der Waals surface area contributed by atoms with Crippen LogP contribution < -0.4 is 4.74 Å². The summed E-state index contributed by atoms with van der Waals surface area (Å²) in [6.45, 7) is -0.262. The lowest BCUT2D eigenvalue weighted by molar-refractivity contribution is -0.147. The van der Waals surface area contributed by atoms with E-state index in [1.807, 2.05) is 6.07 Å². The number of para-hydroxylation sites is 1. The molecule has 0 atom stereocenters. The van der Waals surface area contributed by atoms with Crippen LogP contribution in [0.25, 0.3) is 0 Å². The maximum absolute atomic E-state index is 11.7. The third-order valence-electron chi connectivity index (χ3n) is 2.76. The first-order valence-electron chi connectivity index (χ1n) is 6.31. The minimum Gasteiger partial charge on any atom is -0.481 e. The molecule has 112 valence electrons. The van der Waals surface area contributed by atoms with Crippen LogP contribution in [-0.2, 0) is 16.1 Å². The molecule has 2 rings (SSSR count). The van der Waals surface area contributed by atoms with Gasteiger partial charge in [0.2, 0.25) is 0 Å². The van der Waals surface area contributed by atoms with E-state index < -0.39 is 5.97 Å². The summed E-state index contributed by atoms with van der Waals surface area (Å²) in [5.41, 5.74) is 1.01. The van der Waals surface area contributed by atoms with Gasteiger partial charge in [0, 0.05) is 15.6 Å². The van der Waals surface area contributed by atoms with Crippen molar-refractivity contribution in [3.8, 4) is 11.8 Å². The fraction of sp³-hybridized carbons (Fsp3) is 0.125.